The van der Waals surface area contributed by atoms with Crippen LogP contribution in [0.1, 0.15) is 11.6 Å². The van der Waals surface area contributed by atoms with Gasteiger partial charge in [0.05, 0.1) is 11.8 Å². The summed E-state index contributed by atoms with van der Waals surface area (Å²) in [5.41, 5.74) is 0.794. The molecule has 0 aliphatic carbocycles. The molecule has 1 atom stereocenters. The van der Waals surface area contributed by atoms with Crippen molar-refractivity contribution in [3.05, 3.63) is 65.7 Å². The maximum Gasteiger partial charge on any atom is 0.233 e. The maximum atomic E-state index is 13.5. The summed E-state index contributed by atoms with van der Waals surface area (Å²) in [6.07, 6.45) is 0. The summed E-state index contributed by atoms with van der Waals surface area (Å²) < 4.78 is 26.4. The first-order chi connectivity index (χ1) is 11.6. The van der Waals surface area contributed by atoms with Gasteiger partial charge >= 0.3 is 0 Å². The molecule has 25 heavy (non-hydrogen) atoms. The maximum absolute atomic E-state index is 13.5. The van der Waals surface area contributed by atoms with E-state index in [1.807, 2.05) is 6.07 Å². The zero-order chi connectivity index (χ0) is 16.9. The Hall–Kier alpha value is -1.63. The number of hydrogen-bond acceptors (Lipinski definition) is 3. The van der Waals surface area contributed by atoms with Crippen molar-refractivity contribution >= 4 is 30.1 Å². The van der Waals surface area contributed by atoms with E-state index < -0.39 is 0 Å². The van der Waals surface area contributed by atoms with Crippen molar-refractivity contribution in [3.63, 3.8) is 0 Å². The van der Waals surface area contributed by atoms with Crippen LogP contribution < -0.4 is 5.32 Å². The number of nitrogens with zero attached hydrogens (tertiary/aromatic N) is 1. The summed E-state index contributed by atoms with van der Waals surface area (Å²) in [4.78, 5) is 15.3. The molecule has 3 nitrogen and oxygen atoms in total. The van der Waals surface area contributed by atoms with Gasteiger partial charge in [-0.25, -0.2) is 8.78 Å². The molecule has 2 aromatic carbocycles. The second kappa shape index (κ2) is 9.17. The Labute approximate surface area is 156 Å². The SMILES string of the molecule is Cl.O=C(CSc1ccc(F)cc1)N1CCNCC1c1cccc(F)c1. The summed E-state index contributed by atoms with van der Waals surface area (Å²) in [5, 5.41) is 3.25. The number of hydrogen-bond donors (Lipinski definition) is 1. The zero-order valence-corrected chi connectivity index (χ0v) is 15.1. The topological polar surface area (TPSA) is 32.3 Å². The van der Waals surface area contributed by atoms with E-state index in [0.29, 0.717) is 13.1 Å². The normalized spacial score (nSPS) is 17.0. The fraction of sp³-hybridized carbons (Fsp3) is 0.278. The first-order valence-electron chi connectivity index (χ1n) is 7.77. The number of benzene rings is 2. The lowest BCUT2D eigenvalue weighted by Crippen LogP contribution is -2.49. The smallest absolute Gasteiger partial charge is 0.233 e. The first-order valence-corrected chi connectivity index (χ1v) is 8.76. The van der Waals surface area contributed by atoms with Crippen LogP contribution in [0.4, 0.5) is 8.78 Å². The fourth-order valence-corrected chi connectivity index (χ4v) is 3.56. The minimum Gasteiger partial charge on any atom is -0.332 e. The van der Waals surface area contributed by atoms with Crippen molar-refractivity contribution in [1.82, 2.24) is 10.2 Å². The van der Waals surface area contributed by atoms with Crippen LogP contribution in [0.15, 0.2) is 53.4 Å². The largest absolute Gasteiger partial charge is 0.332 e. The van der Waals surface area contributed by atoms with E-state index in [2.05, 4.69) is 5.32 Å². The fourth-order valence-electron chi connectivity index (χ4n) is 2.77. The number of nitrogens with one attached hydrogen (secondary N) is 1. The van der Waals surface area contributed by atoms with E-state index in [1.165, 1.54) is 36.0 Å². The van der Waals surface area contributed by atoms with Crippen molar-refractivity contribution in [2.45, 2.75) is 10.9 Å². The summed E-state index contributed by atoms with van der Waals surface area (Å²) in [7, 11) is 0. The van der Waals surface area contributed by atoms with E-state index in [0.717, 1.165) is 17.0 Å². The monoisotopic (exact) mass is 384 g/mol. The predicted octanol–water partition coefficient (Wildman–Crippen LogP) is 3.65. The van der Waals surface area contributed by atoms with E-state index in [-0.39, 0.29) is 41.7 Å². The molecule has 1 aliphatic heterocycles. The molecular formula is C18H19ClF2N2OS. The molecule has 0 spiro atoms. The van der Waals surface area contributed by atoms with E-state index in [4.69, 9.17) is 0 Å². The highest BCUT2D eigenvalue weighted by molar-refractivity contribution is 8.00. The van der Waals surface area contributed by atoms with Gasteiger partial charge in [0.25, 0.3) is 0 Å². The molecule has 1 fully saturated rings. The second-order valence-electron chi connectivity index (χ2n) is 5.60. The Morgan fingerprint density at radius 3 is 2.64 bits per heavy atom. The number of halogens is 3. The van der Waals surface area contributed by atoms with Crippen LogP contribution in [0.25, 0.3) is 0 Å². The van der Waals surface area contributed by atoms with Crippen molar-refractivity contribution in [2.24, 2.45) is 0 Å². The number of thioether (sulfide) groups is 1. The van der Waals surface area contributed by atoms with Crippen molar-refractivity contribution < 1.29 is 13.6 Å². The Morgan fingerprint density at radius 2 is 1.92 bits per heavy atom. The molecule has 0 bridgehead atoms. The van der Waals surface area contributed by atoms with Gasteiger partial charge in [-0.1, -0.05) is 12.1 Å². The number of carbonyl (C=O) groups excluding carboxylic acids is 1. The minimum atomic E-state index is -0.300. The Bertz CT molecular complexity index is 714. The molecule has 0 radical (unpaired) electrons. The van der Waals surface area contributed by atoms with Gasteiger partial charge in [-0.15, -0.1) is 24.2 Å². The number of rotatable bonds is 4. The molecule has 1 N–H and O–H groups in total. The molecule has 0 aromatic heterocycles. The van der Waals surface area contributed by atoms with Gasteiger partial charge < -0.3 is 10.2 Å². The number of piperazine rings is 1. The summed E-state index contributed by atoms with van der Waals surface area (Å²) in [5.74, 6) is -0.317. The standard InChI is InChI=1S/C18H18F2N2OS.ClH/c19-14-4-6-16(7-5-14)24-12-18(23)22-9-8-21-11-17(22)13-2-1-3-15(20)10-13;/h1-7,10,17,21H,8-9,11-12H2;1H. The van der Waals surface area contributed by atoms with Gasteiger partial charge in [0.2, 0.25) is 5.91 Å². The average Bonchev–Trinajstić information content (AvgIpc) is 2.61. The summed E-state index contributed by atoms with van der Waals surface area (Å²) >= 11 is 1.38. The van der Waals surface area contributed by atoms with Gasteiger partial charge in [-0.05, 0) is 42.0 Å². The highest BCUT2D eigenvalue weighted by Crippen LogP contribution is 2.25. The molecular weight excluding hydrogens is 366 g/mol. The van der Waals surface area contributed by atoms with Crippen molar-refractivity contribution in [2.75, 3.05) is 25.4 Å². The number of amides is 1. The molecule has 1 heterocycles. The molecule has 1 saturated heterocycles. The van der Waals surface area contributed by atoms with Crippen molar-refractivity contribution in [3.8, 4) is 0 Å². The molecule has 1 unspecified atom stereocenters. The van der Waals surface area contributed by atoms with Crippen LogP contribution in [0.2, 0.25) is 0 Å². The van der Waals surface area contributed by atoms with E-state index >= 15 is 0 Å². The van der Waals surface area contributed by atoms with E-state index in [1.54, 1.807) is 23.1 Å². The lowest BCUT2D eigenvalue weighted by molar-refractivity contribution is -0.131. The van der Waals surface area contributed by atoms with Gasteiger partial charge in [-0.3, -0.25) is 4.79 Å². The van der Waals surface area contributed by atoms with Crippen LogP contribution in [0, 0.1) is 11.6 Å². The Morgan fingerprint density at radius 1 is 1.16 bits per heavy atom. The molecule has 0 saturated carbocycles. The van der Waals surface area contributed by atoms with Crippen LogP contribution in [0.5, 0.6) is 0 Å². The van der Waals surface area contributed by atoms with Gasteiger partial charge in [-0.2, -0.15) is 0 Å². The zero-order valence-electron chi connectivity index (χ0n) is 13.5. The minimum absolute atomic E-state index is 0. The highest BCUT2D eigenvalue weighted by atomic mass is 35.5. The van der Waals surface area contributed by atoms with E-state index in [9.17, 15) is 13.6 Å². The lowest BCUT2D eigenvalue weighted by atomic mass is 10.0. The van der Waals surface area contributed by atoms with Gasteiger partial charge in [0, 0.05) is 24.5 Å². The van der Waals surface area contributed by atoms with Crippen LogP contribution in [-0.4, -0.2) is 36.2 Å². The molecule has 2 aromatic rings. The molecule has 134 valence electrons. The van der Waals surface area contributed by atoms with Crippen LogP contribution in [-0.2, 0) is 4.79 Å². The Kier molecular flexibility index (Phi) is 7.23. The molecule has 7 heteroatoms. The molecule has 3 rings (SSSR count). The second-order valence-corrected chi connectivity index (χ2v) is 6.65. The van der Waals surface area contributed by atoms with Crippen molar-refractivity contribution in [1.29, 1.82) is 0 Å². The number of carbonyl (C=O) groups is 1. The third kappa shape index (κ3) is 5.17. The van der Waals surface area contributed by atoms with Crippen LogP contribution in [0.3, 0.4) is 0 Å². The Balaban J connectivity index is 0.00000225. The summed E-state index contributed by atoms with van der Waals surface area (Å²) in [6, 6.07) is 12.3. The lowest BCUT2D eigenvalue weighted by Gasteiger charge is -2.36. The third-order valence-electron chi connectivity index (χ3n) is 3.97. The quantitative estimate of drug-likeness (QED) is 0.817. The highest BCUT2D eigenvalue weighted by Gasteiger charge is 2.27. The van der Waals surface area contributed by atoms with Gasteiger partial charge in [0.15, 0.2) is 0 Å². The predicted molar refractivity (Wildman–Crippen MR) is 98.1 cm³/mol. The molecule has 1 aliphatic rings. The van der Waals surface area contributed by atoms with Crippen LogP contribution >= 0.6 is 24.2 Å². The van der Waals surface area contributed by atoms with Gasteiger partial charge in [0.1, 0.15) is 11.6 Å². The summed E-state index contributed by atoms with van der Waals surface area (Å²) in [6.45, 7) is 1.92. The molecule has 1 amide bonds. The first kappa shape index (κ1) is 19.7. The third-order valence-corrected chi connectivity index (χ3v) is 4.97. The average molecular weight is 385 g/mol.